The Morgan fingerprint density at radius 3 is 2.24 bits per heavy atom. The van der Waals surface area contributed by atoms with Crippen LogP contribution in [0.4, 0.5) is 10.1 Å². The van der Waals surface area contributed by atoms with Crippen LogP contribution in [0.15, 0.2) is 77.7 Å². The highest BCUT2D eigenvalue weighted by Gasteiger charge is 2.33. The Labute approximate surface area is 246 Å². The number of aryl methyl sites for hydroxylation is 1. The summed E-state index contributed by atoms with van der Waals surface area (Å²) in [4.78, 5) is 28.5. The molecule has 3 aromatic carbocycles. The molecule has 3 aromatic rings. The quantitative estimate of drug-likeness (QED) is 0.317. The van der Waals surface area contributed by atoms with Crippen molar-refractivity contribution in [1.82, 2.24) is 10.2 Å². The highest BCUT2D eigenvalue weighted by molar-refractivity contribution is 7.92. The van der Waals surface area contributed by atoms with Gasteiger partial charge in [0.15, 0.2) is 0 Å². The third-order valence-electron chi connectivity index (χ3n) is 7.42. The Balaban J connectivity index is 1.68. The molecule has 10 heteroatoms. The van der Waals surface area contributed by atoms with Crippen molar-refractivity contribution in [2.24, 2.45) is 0 Å². The minimum absolute atomic E-state index is 0.0125. The molecule has 4 rings (SSSR count). The Kier molecular flexibility index (Phi) is 10.0. The van der Waals surface area contributed by atoms with Gasteiger partial charge in [-0.25, -0.2) is 12.8 Å². The first-order chi connectivity index (χ1) is 19.6. The van der Waals surface area contributed by atoms with Crippen molar-refractivity contribution >= 4 is 39.1 Å². The molecule has 0 bridgehead atoms. The Bertz CT molecular complexity index is 1460. The van der Waals surface area contributed by atoms with E-state index >= 15 is 0 Å². The highest BCUT2D eigenvalue weighted by atomic mass is 35.5. The molecule has 0 saturated heterocycles. The van der Waals surface area contributed by atoms with Crippen LogP contribution in [0.5, 0.6) is 0 Å². The molecule has 0 radical (unpaired) electrons. The van der Waals surface area contributed by atoms with Gasteiger partial charge in [-0.05, 0) is 69.2 Å². The maximum atomic E-state index is 14.7. The molecule has 1 aliphatic carbocycles. The molecule has 1 N–H and O–H groups in total. The van der Waals surface area contributed by atoms with E-state index in [0.29, 0.717) is 5.02 Å². The molecule has 41 heavy (non-hydrogen) atoms. The van der Waals surface area contributed by atoms with E-state index < -0.39 is 34.3 Å². The summed E-state index contributed by atoms with van der Waals surface area (Å²) in [6.07, 6.45) is 4.88. The zero-order valence-corrected chi connectivity index (χ0v) is 24.8. The summed E-state index contributed by atoms with van der Waals surface area (Å²) in [5.41, 5.74) is 1.42. The minimum atomic E-state index is -4.21. The normalized spacial score (nSPS) is 14.7. The zero-order valence-electron chi connectivity index (χ0n) is 23.2. The van der Waals surface area contributed by atoms with Crippen molar-refractivity contribution in [3.63, 3.8) is 0 Å². The molecule has 7 nitrogen and oxygen atoms in total. The first kappa shape index (κ1) is 30.5. The topological polar surface area (TPSA) is 86.8 Å². The third kappa shape index (κ3) is 7.65. The number of rotatable bonds is 10. The summed E-state index contributed by atoms with van der Waals surface area (Å²) >= 11 is 5.99. The number of nitrogens with one attached hydrogen (secondary N) is 1. The smallest absolute Gasteiger partial charge is 0.264 e. The Morgan fingerprint density at radius 2 is 1.61 bits per heavy atom. The van der Waals surface area contributed by atoms with E-state index in [0.717, 1.165) is 42.0 Å². The van der Waals surface area contributed by atoms with Crippen LogP contribution in [0.25, 0.3) is 0 Å². The molecule has 218 valence electrons. The van der Waals surface area contributed by atoms with Crippen LogP contribution in [-0.2, 0) is 26.2 Å². The monoisotopic (exact) mass is 599 g/mol. The predicted molar refractivity (Wildman–Crippen MR) is 159 cm³/mol. The van der Waals surface area contributed by atoms with Gasteiger partial charge in [-0.15, -0.1) is 0 Å². The minimum Gasteiger partial charge on any atom is -0.352 e. The van der Waals surface area contributed by atoms with Gasteiger partial charge in [0.2, 0.25) is 11.8 Å². The van der Waals surface area contributed by atoms with Crippen LogP contribution in [-0.4, -0.2) is 43.8 Å². The van der Waals surface area contributed by atoms with Crippen molar-refractivity contribution in [1.29, 1.82) is 0 Å². The van der Waals surface area contributed by atoms with Gasteiger partial charge >= 0.3 is 0 Å². The molecular formula is C31H35ClFN3O4S. The second kappa shape index (κ2) is 13.5. The van der Waals surface area contributed by atoms with Crippen LogP contribution < -0.4 is 9.62 Å². The van der Waals surface area contributed by atoms with Crippen molar-refractivity contribution in [3.8, 4) is 0 Å². The van der Waals surface area contributed by atoms with Crippen LogP contribution in [0.2, 0.25) is 5.02 Å². The Morgan fingerprint density at radius 1 is 0.976 bits per heavy atom. The van der Waals surface area contributed by atoms with Crippen LogP contribution in [0.1, 0.15) is 50.2 Å². The molecule has 1 fully saturated rings. The summed E-state index contributed by atoms with van der Waals surface area (Å²) < 4.78 is 43.4. The molecule has 1 atom stereocenters. The van der Waals surface area contributed by atoms with E-state index in [-0.39, 0.29) is 34.6 Å². The van der Waals surface area contributed by atoms with E-state index in [9.17, 15) is 22.4 Å². The fourth-order valence-electron chi connectivity index (χ4n) is 4.94. The van der Waals surface area contributed by atoms with E-state index in [1.807, 2.05) is 6.92 Å². The zero-order chi connectivity index (χ0) is 29.6. The number of halogens is 2. The fraction of sp³-hybridized carbons (Fsp3) is 0.355. The maximum absolute atomic E-state index is 14.7. The van der Waals surface area contributed by atoms with Gasteiger partial charge in [0.25, 0.3) is 10.0 Å². The second-order valence-corrected chi connectivity index (χ2v) is 12.7. The largest absolute Gasteiger partial charge is 0.352 e. The molecule has 0 spiro atoms. The van der Waals surface area contributed by atoms with Crippen molar-refractivity contribution < 1.29 is 22.4 Å². The number of sulfonamides is 1. The Hall–Kier alpha value is -3.43. The van der Waals surface area contributed by atoms with Crippen LogP contribution in [0.3, 0.4) is 0 Å². The SMILES string of the molecule is Cc1ccc(N(CC(=O)N(Cc2ccccc2F)[C@H](C)C(=O)NC2CCCCC2)S(=O)(=O)c2ccc(Cl)cc2)cc1. The lowest BCUT2D eigenvalue weighted by molar-refractivity contribution is -0.139. The van der Waals surface area contributed by atoms with Gasteiger partial charge in [-0.2, -0.15) is 0 Å². The highest BCUT2D eigenvalue weighted by Crippen LogP contribution is 2.26. The van der Waals surface area contributed by atoms with Crippen LogP contribution >= 0.6 is 11.6 Å². The predicted octanol–water partition coefficient (Wildman–Crippen LogP) is 5.85. The van der Waals surface area contributed by atoms with E-state index in [2.05, 4.69) is 5.32 Å². The lowest BCUT2D eigenvalue weighted by Crippen LogP contribution is -2.53. The molecule has 1 saturated carbocycles. The second-order valence-electron chi connectivity index (χ2n) is 10.4. The molecule has 0 unspecified atom stereocenters. The van der Waals surface area contributed by atoms with Gasteiger partial charge in [-0.3, -0.25) is 13.9 Å². The molecule has 2 amide bonds. The summed E-state index contributed by atoms with van der Waals surface area (Å²) in [6.45, 7) is 2.66. The first-order valence-electron chi connectivity index (χ1n) is 13.7. The number of carbonyl (C=O) groups excluding carboxylic acids is 2. The molecule has 0 aromatic heterocycles. The van der Waals surface area contributed by atoms with E-state index in [1.54, 1.807) is 49.4 Å². The number of amides is 2. The van der Waals surface area contributed by atoms with Crippen molar-refractivity contribution in [2.75, 3.05) is 10.8 Å². The average Bonchev–Trinajstić information content (AvgIpc) is 2.96. The number of benzene rings is 3. The first-order valence-corrected chi connectivity index (χ1v) is 15.6. The van der Waals surface area contributed by atoms with Gasteiger partial charge in [0.1, 0.15) is 18.4 Å². The fourth-order valence-corrected chi connectivity index (χ4v) is 6.48. The van der Waals surface area contributed by atoms with Gasteiger partial charge in [-0.1, -0.05) is 66.8 Å². The number of anilines is 1. The number of hydrogen-bond acceptors (Lipinski definition) is 4. The standard InChI is InChI=1S/C31H35ClFN3O4S/c1-22-12-16-27(17-13-22)36(41(39,40)28-18-14-25(32)15-19-28)21-30(37)35(20-24-8-6-7-11-29(24)33)23(2)31(38)34-26-9-4-3-5-10-26/h6-8,11-19,23,26H,3-5,9-10,20-21H2,1-2H3,(H,34,38)/t23-/m1/s1. The van der Waals surface area contributed by atoms with Crippen molar-refractivity contribution in [2.45, 2.75) is 69.5 Å². The lowest BCUT2D eigenvalue weighted by atomic mass is 9.95. The molecule has 0 aliphatic heterocycles. The molecular weight excluding hydrogens is 565 g/mol. The summed E-state index contributed by atoms with van der Waals surface area (Å²) in [5, 5.41) is 3.41. The van der Waals surface area contributed by atoms with Gasteiger partial charge < -0.3 is 10.2 Å². The summed E-state index contributed by atoms with van der Waals surface area (Å²) in [7, 11) is -4.21. The third-order valence-corrected chi connectivity index (χ3v) is 9.46. The average molecular weight is 600 g/mol. The summed E-state index contributed by atoms with van der Waals surface area (Å²) in [6, 6.07) is 17.5. The summed E-state index contributed by atoms with van der Waals surface area (Å²) in [5.74, 6) is -1.52. The van der Waals surface area contributed by atoms with Crippen LogP contribution in [0, 0.1) is 12.7 Å². The van der Waals surface area contributed by atoms with E-state index in [1.165, 1.54) is 35.2 Å². The molecule has 1 aliphatic rings. The van der Waals surface area contributed by atoms with Gasteiger partial charge in [0.05, 0.1) is 10.6 Å². The lowest BCUT2D eigenvalue weighted by Gasteiger charge is -2.33. The van der Waals surface area contributed by atoms with E-state index in [4.69, 9.17) is 11.6 Å². The number of nitrogens with zero attached hydrogens (tertiary/aromatic N) is 2. The van der Waals surface area contributed by atoms with Crippen molar-refractivity contribution in [3.05, 3.63) is 94.8 Å². The number of carbonyl (C=O) groups is 2. The van der Waals surface area contributed by atoms with Gasteiger partial charge in [0, 0.05) is 23.2 Å². The maximum Gasteiger partial charge on any atom is 0.264 e. The number of hydrogen-bond donors (Lipinski definition) is 1. The molecule has 0 heterocycles.